The maximum Gasteiger partial charge on any atom is 0.356 e. The summed E-state index contributed by atoms with van der Waals surface area (Å²) in [5.74, 6) is -2.34. The van der Waals surface area contributed by atoms with E-state index in [-0.39, 0.29) is 34.9 Å². The van der Waals surface area contributed by atoms with Crippen molar-refractivity contribution in [1.29, 1.82) is 0 Å². The van der Waals surface area contributed by atoms with Crippen molar-refractivity contribution in [1.82, 2.24) is 9.78 Å². The number of sulfone groups is 1. The normalized spacial score (nSPS) is 16.4. The lowest BCUT2D eigenvalue weighted by atomic mass is 10.1. The third-order valence-electron chi connectivity index (χ3n) is 3.39. The standard InChI is InChI=1S/C13H11FN2O4S/c14-9-3-1-2-4-11(9)16-10-5-6-21(19,20)7-8(10)12(15-16)13(17)18/h1-4H,5-7H2,(H,17,18). The van der Waals surface area contributed by atoms with E-state index >= 15 is 0 Å². The lowest BCUT2D eigenvalue weighted by Gasteiger charge is -2.15. The molecule has 6 nitrogen and oxygen atoms in total. The van der Waals surface area contributed by atoms with Crippen LogP contribution in [0.5, 0.6) is 0 Å². The predicted octanol–water partition coefficient (Wildman–Crippen LogP) is 1.18. The highest BCUT2D eigenvalue weighted by molar-refractivity contribution is 7.90. The summed E-state index contributed by atoms with van der Waals surface area (Å²) in [4.78, 5) is 11.2. The molecule has 0 atom stereocenters. The summed E-state index contributed by atoms with van der Waals surface area (Å²) in [5.41, 5.74) is 0.362. The van der Waals surface area contributed by atoms with Crippen LogP contribution in [0, 0.1) is 5.82 Å². The molecule has 1 aromatic heterocycles. The fraction of sp³-hybridized carbons (Fsp3) is 0.231. The molecule has 0 aliphatic carbocycles. The van der Waals surface area contributed by atoms with E-state index in [1.165, 1.54) is 22.9 Å². The molecule has 1 N–H and O–H groups in total. The maximum atomic E-state index is 13.9. The van der Waals surface area contributed by atoms with Crippen molar-refractivity contribution in [3.63, 3.8) is 0 Å². The number of halogens is 1. The van der Waals surface area contributed by atoms with Gasteiger partial charge in [0.15, 0.2) is 15.5 Å². The first-order valence-corrected chi connectivity index (χ1v) is 8.00. The van der Waals surface area contributed by atoms with Gasteiger partial charge in [0.05, 0.1) is 17.2 Å². The Balaban J connectivity index is 2.25. The predicted molar refractivity (Wildman–Crippen MR) is 71.7 cm³/mol. The van der Waals surface area contributed by atoms with Gasteiger partial charge in [-0.25, -0.2) is 22.3 Å². The minimum atomic E-state index is -3.34. The van der Waals surface area contributed by atoms with Crippen LogP contribution < -0.4 is 0 Å². The van der Waals surface area contributed by atoms with E-state index < -0.39 is 21.6 Å². The van der Waals surface area contributed by atoms with Crippen molar-refractivity contribution in [2.45, 2.75) is 12.2 Å². The number of benzene rings is 1. The lowest BCUT2D eigenvalue weighted by molar-refractivity contribution is 0.0689. The Morgan fingerprint density at radius 2 is 2.05 bits per heavy atom. The molecule has 1 aliphatic rings. The second-order valence-corrected chi connectivity index (χ2v) is 6.97. The molecule has 0 amide bonds. The SMILES string of the molecule is O=C(O)c1nn(-c2ccccc2F)c2c1CS(=O)(=O)CC2. The number of rotatable bonds is 2. The van der Waals surface area contributed by atoms with Crippen LogP contribution >= 0.6 is 0 Å². The monoisotopic (exact) mass is 310 g/mol. The fourth-order valence-electron chi connectivity index (χ4n) is 2.43. The summed E-state index contributed by atoms with van der Waals surface area (Å²) in [5, 5.41) is 13.1. The molecular formula is C13H11FN2O4S. The van der Waals surface area contributed by atoms with E-state index in [4.69, 9.17) is 0 Å². The van der Waals surface area contributed by atoms with Gasteiger partial charge in [-0.1, -0.05) is 12.1 Å². The van der Waals surface area contributed by atoms with Crippen LogP contribution in [0.15, 0.2) is 24.3 Å². The summed E-state index contributed by atoms with van der Waals surface area (Å²) >= 11 is 0. The van der Waals surface area contributed by atoms with Crippen molar-refractivity contribution in [3.05, 3.63) is 47.0 Å². The molecule has 3 rings (SSSR count). The summed E-state index contributed by atoms with van der Waals surface area (Å²) in [6, 6.07) is 5.82. The quantitative estimate of drug-likeness (QED) is 0.899. The summed E-state index contributed by atoms with van der Waals surface area (Å²) < 4.78 is 38.5. The first kappa shape index (κ1) is 13.7. The number of hydrogen-bond acceptors (Lipinski definition) is 4. The molecule has 0 radical (unpaired) electrons. The van der Waals surface area contributed by atoms with Gasteiger partial charge in [-0.3, -0.25) is 0 Å². The van der Waals surface area contributed by atoms with Crippen molar-refractivity contribution in [2.24, 2.45) is 0 Å². The first-order valence-electron chi connectivity index (χ1n) is 6.18. The van der Waals surface area contributed by atoms with Gasteiger partial charge in [0.1, 0.15) is 11.5 Å². The van der Waals surface area contributed by atoms with E-state index in [1.54, 1.807) is 6.07 Å². The van der Waals surface area contributed by atoms with E-state index in [1.807, 2.05) is 0 Å². The van der Waals surface area contributed by atoms with Gasteiger partial charge >= 0.3 is 5.97 Å². The largest absolute Gasteiger partial charge is 0.476 e. The molecule has 21 heavy (non-hydrogen) atoms. The minimum Gasteiger partial charge on any atom is -0.476 e. The number of carbonyl (C=O) groups is 1. The Morgan fingerprint density at radius 1 is 1.33 bits per heavy atom. The topological polar surface area (TPSA) is 89.3 Å². The van der Waals surface area contributed by atoms with Crippen LogP contribution in [0.25, 0.3) is 5.69 Å². The molecule has 1 aromatic carbocycles. The van der Waals surface area contributed by atoms with Crippen LogP contribution in [-0.4, -0.2) is 35.0 Å². The van der Waals surface area contributed by atoms with Crippen LogP contribution in [0.2, 0.25) is 0 Å². The summed E-state index contributed by atoms with van der Waals surface area (Å²) in [6.45, 7) is 0. The van der Waals surface area contributed by atoms with Gasteiger partial charge in [0.2, 0.25) is 0 Å². The van der Waals surface area contributed by atoms with Crippen LogP contribution in [0.4, 0.5) is 4.39 Å². The second kappa shape index (κ2) is 4.66. The molecule has 2 heterocycles. The fourth-order valence-corrected chi connectivity index (χ4v) is 3.82. The molecule has 0 unspecified atom stereocenters. The van der Waals surface area contributed by atoms with Crippen LogP contribution in [-0.2, 0) is 22.0 Å². The first-order chi connectivity index (χ1) is 9.89. The zero-order valence-electron chi connectivity index (χ0n) is 10.8. The Morgan fingerprint density at radius 3 is 2.71 bits per heavy atom. The summed E-state index contributed by atoms with van der Waals surface area (Å²) in [7, 11) is -3.34. The van der Waals surface area contributed by atoms with E-state index in [9.17, 15) is 22.7 Å². The minimum absolute atomic E-state index is 0.0980. The highest BCUT2D eigenvalue weighted by atomic mass is 32.2. The Labute approximate surface area is 119 Å². The van der Waals surface area contributed by atoms with Gasteiger partial charge in [-0.05, 0) is 12.1 Å². The number of nitrogens with zero attached hydrogens (tertiary/aromatic N) is 2. The third-order valence-corrected chi connectivity index (χ3v) is 4.94. The molecule has 8 heteroatoms. The smallest absolute Gasteiger partial charge is 0.356 e. The zero-order valence-corrected chi connectivity index (χ0v) is 11.6. The number of fused-ring (bicyclic) bond motifs is 1. The average Bonchev–Trinajstić information content (AvgIpc) is 2.76. The highest BCUT2D eigenvalue weighted by Gasteiger charge is 2.32. The van der Waals surface area contributed by atoms with Gasteiger partial charge in [0.25, 0.3) is 0 Å². The van der Waals surface area contributed by atoms with Crippen molar-refractivity contribution in [2.75, 3.05) is 5.75 Å². The Hall–Kier alpha value is -2.22. The lowest BCUT2D eigenvalue weighted by Crippen LogP contribution is -2.21. The molecule has 0 saturated heterocycles. The van der Waals surface area contributed by atoms with Crippen LogP contribution in [0.3, 0.4) is 0 Å². The molecule has 0 saturated carbocycles. The van der Waals surface area contributed by atoms with Crippen molar-refractivity contribution in [3.8, 4) is 5.69 Å². The Kier molecular flexibility index (Phi) is 3.05. The molecule has 0 spiro atoms. The maximum absolute atomic E-state index is 13.9. The number of aromatic carboxylic acids is 1. The van der Waals surface area contributed by atoms with Crippen molar-refractivity contribution >= 4 is 15.8 Å². The van der Waals surface area contributed by atoms with Gasteiger partial charge < -0.3 is 5.11 Å². The number of aromatic nitrogens is 2. The van der Waals surface area contributed by atoms with Gasteiger partial charge in [-0.2, -0.15) is 5.10 Å². The second-order valence-electron chi connectivity index (χ2n) is 4.78. The molecule has 2 aromatic rings. The van der Waals surface area contributed by atoms with E-state index in [0.29, 0.717) is 5.69 Å². The highest BCUT2D eigenvalue weighted by Crippen LogP contribution is 2.27. The number of para-hydroxylation sites is 1. The number of carboxylic acids is 1. The molecule has 110 valence electrons. The van der Waals surface area contributed by atoms with Gasteiger partial charge in [-0.15, -0.1) is 0 Å². The molecule has 0 fully saturated rings. The summed E-state index contributed by atoms with van der Waals surface area (Å²) in [6.07, 6.45) is 0.117. The number of carboxylic acid groups (broad SMARTS) is 1. The molecule has 1 aliphatic heterocycles. The van der Waals surface area contributed by atoms with Crippen molar-refractivity contribution < 1.29 is 22.7 Å². The number of hydrogen-bond donors (Lipinski definition) is 1. The molecule has 0 bridgehead atoms. The average molecular weight is 310 g/mol. The molecular weight excluding hydrogens is 299 g/mol. The zero-order chi connectivity index (χ0) is 15.2. The Bertz CT molecular complexity index is 842. The van der Waals surface area contributed by atoms with E-state index in [2.05, 4.69) is 5.10 Å². The van der Waals surface area contributed by atoms with Gasteiger partial charge in [0, 0.05) is 12.0 Å². The van der Waals surface area contributed by atoms with E-state index in [0.717, 1.165) is 0 Å². The third kappa shape index (κ3) is 2.31. The van der Waals surface area contributed by atoms with Crippen LogP contribution in [0.1, 0.15) is 21.7 Å².